The Kier molecular flexibility index (Phi) is 6.62. The van der Waals surface area contributed by atoms with Crippen LogP contribution in [-0.4, -0.2) is 6.29 Å². The quantitative estimate of drug-likeness (QED) is 0.229. The normalized spacial score (nSPS) is 11.0. The van der Waals surface area contributed by atoms with Crippen LogP contribution in [0.4, 0.5) is 17.1 Å². The minimum absolute atomic E-state index is 0.740. The highest BCUT2D eigenvalue weighted by molar-refractivity contribution is 9.10. The molecule has 0 fully saturated rings. The molecule has 0 spiro atoms. The molecule has 0 radical (unpaired) electrons. The average Bonchev–Trinajstić information content (AvgIpc) is 3.24. The molecule has 2 nitrogen and oxygen atoms in total. The first-order chi connectivity index (χ1) is 14.6. The lowest BCUT2D eigenvalue weighted by Gasteiger charge is -2.25. The van der Waals surface area contributed by atoms with E-state index >= 15 is 0 Å². The molecular weight excluding hydrogens is 522 g/mol. The van der Waals surface area contributed by atoms with E-state index in [0.29, 0.717) is 0 Å². The van der Waals surface area contributed by atoms with Crippen LogP contribution in [-0.2, 0) is 0 Å². The summed E-state index contributed by atoms with van der Waals surface area (Å²) in [6, 6.07) is 28.8. The third-order valence-corrected chi connectivity index (χ3v) is 6.56. The molecule has 0 amide bonds. The maximum absolute atomic E-state index is 10.8. The number of aldehydes is 1. The van der Waals surface area contributed by atoms with E-state index in [-0.39, 0.29) is 0 Å². The second-order valence-electron chi connectivity index (χ2n) is 6.57. The molecule has 5 heteroatoms. The predicted molar refractivity (Wildman–Crippen MR) is 135 cm³/mol. The smallest absolute Gasteiger partial charge is 0.160 e. The highest BCUT2D eigenvalue weighted by atomic mass is 79.9. The summed E-state index contributed by atoms with van der Waals surface area (Å²) in [6.45, 7) is 0. The highest BCUT2D eigenvalue weighted by Gasteiger charge is 2.12. The Bertz CT molecular complexity index is 1120. The lowest BCUT2D eigenvalue weighted by atomic mass is 10.1. The van der Waals surface area contributed by atoms with Crippen LogP contribution in [0.2, 0.25) is 0 Å². The Morgan fingerprint density at radius 3 is 1.53 bits per heavy atom. The molecule has 0 N–H and O–H groups in total. The first-order valence-corrected chi connectivity index (χ1v) is 11.7. The van der Waals surface area contributed by atoms with Gasteiger partial charge in [0.1, 0.15) is 0 Å². The number of anilines is 3. The van der Waals surface area contributed by atoms with Crippen LogP contribution in [0, 0.1) is 0 Å². The average molecular weight is 539 g/mol. The number of halogens is 2. The molecule has 4 rings (SSSR count). The van der Waals surface area contributed by atoms with Crippen molar-refractivity contribution in [3.63, 3.8) is 0 Å². The molecule has 0 aliphatic heterocycles. The minimum Gasteiger partial charge on any atom is -0.311 e. The monoisotopic (exact) mass is 537 g/mol. The standard InChI is InChI=1S/C25H17Br2NOS/c26-19-4-10-22(11-5-19)28(23-12-6-20(27)7-13-23)21-8-1-18(2-9-21)3-14-24-15-16-25(17-29)30-24/h1-17H/b14-3+. The molecule has 0 aliphatic carbocycles. The van der Waals surface area contributed by atoms with Crippen molar-refractivity contribution in [3.8, 4) is 0 Å². The fourth-order valence-electron chi connectivity index (χ4n) is 3.06. The van der Waals surface area contributed by atoms with Crippen molar-refractivity contribution in [3.05, 3.63) is 109 Å². The molecule has 0 saturated carbocycles. The van der Waals surface area contributed by atoms with Crippen LogP contribution < -0.4 is 4.90 Å². The van der Waals surface area contributed by atoms with Gasteiger partial charge in [-0.2, -0.15) is 0 Å². The highest BCUT2D eigenvalue weighted by Crippen LogP contribution is 2.35. The zero-order valence-electron chi connectivity index (χ0n) is 15.8. The largest absolute Gasteiger partial charge is 0.311 e. The molecule has 1 aromatic heterocycles. The Morgan fingerprint density at radius 2 is 1.07 bits per heavy atom. The predicted octanol–water partition coefficient (Wildman–Crippen LogP) is 8.73. The van der Waals surface area contributed by atoms with E-state index in [1.807, 2.05) is 42.5 Å². The van der Waals surface area contributed by atoms with Gasteiger partial charge in [0, 0.05) is 30.9 Å². The molecule has 148 valence electrons. The van der Waals surface area contributed by atoms with E-state index in [1.165, 1.54) is 11.3 Å². The van der Waals surface area contributed by atoms with Crippen LogP contribution in [0.25, 0.3) is 12.2 Å². The Balaban J connectivity index is 1.64. The SMILES string of the molecule is O=Cc1ccc(/C=C/c2ccc(N(c3ccc(Br)cc3)c3ccc(Br)cc3)cc2)s1. The lowest BCUT2D eigenvalue weighted by Crippen LogP contribution is -2.09. The number of hydrogen-bond donors (Lipinski definition) is 0. The van der Waals surface area contributed by atoms with E-state index in [2.05, 4.69) is 91.4 Å². The number of thiophene rings is 1. The molecule has 3 aromatic carbocycles. The third kappa shape index (κ3) is 4.98. The number of rotatable bonds is 6. The van der Waals surface area contributed by atoms with E-state index < -0.39 is 0 Å². The van der Waals surface area contributed by atoms with E-state index in [4.69, 9.17) is 0 Å². The Labute approximate surface area is 196 Å². The topological polar surface area (TPSA) is 20.3 Å². The van der Waals surface area contributed by atoms with Crippen LogP contribution >= 0.6 is 43.2 Å². The molecule has 4 aromatic rings. The van der Waals surface area contributed by atoms with Crippen molar-refractivity contribution < 1.29 is 4.79 Å². The molecule has 0 saturated heterocycles. The van der Waals surface area contributed by atoms with Crippen molar-refractivity contribution >= 4 is 78.7 Å². The van der Waals surface area contributed by atoms with Gasteiger partial charge in [-0.05, 0) is 84.4 Å². The third-order valence-electron chi connectivity index (χ3n) is 4.52. The second-order valence-corrected chi connectivity index (χ2v) is 9.55. The van der Waals surface area contributed by atoms with Crippen LogP contribution in [0.1, 0.15) is 20.1 Å². The molecule has 0 unspecified atom stereocenters. The van der Waals surface area contributed by atoms with Gasteiger partial charge in [0.05, 0.1) is 4.88 Å². The molecular formula is C25H17Br2NOS. The molecule has 0 atom stereocenters. The van der Waals surface area contributed by atoms with Crippen molar-refractivity contribution in [1.82, 2.24) is 0 Å². The van der Waals surface area contributed by atoms with Crippen LogP contribution in [0.15, 0.2) is 93.9 Å². The van der Waals surface area contributed by atoms with E-state index in [9.17, 15) is 4.79 Å². The van der Waals surface area contributed by atoms with E-state index in [1.54, 1.807) is 0 Å². The Hall–Kier alpha value is -2.47. The summed E-state index contributed by atoms with van der Waals surface area (Å²) >= 11 is 8.52. The molecule has 0 aliphatic rings. The maximum atomic E-state index is 10.8. The van der Waals surface area contributed by atoms with Gasteiger partial charge >= 0.3 is 0 Å². The summed E-state index contributed by atoms with van der Waals surface area (Å²) in [5.74, 6) is 0. The van der Waals surface area contributed by atoms with Gasteiger partial charge in [0.25, 0.3) is 0 Å². The lowest BCUT2D eigenvalue weighted by molar-refractivity contribution is 0.112. The van der Waals surface area contributed by atoms with Crippen LogP contribution in [0.5, 0.6) is 0 Å². The summed E-state index contributed by atoms with van der Waals surface area (Å²) < 4.78 is 2.10. The van der Waals surface area contributed by atoms with Gasteiger partial charge < -0.3 is 4.90 Å². The molecule has 1 heterocycles. The van der Waals surface area contributed by atoms with Gasteiger partial charge in [-0.3, -0.25) is 4.79 Å². The van der Waals surface area contributed by atoms with Crippen LogP contribution in [0.3, 0.4) is 0 Å². The van der Waals surface area contributed by atoms with Crippen molar-refractivity contribution in [2.75, 3.05) is 4.90 Å². The zero-order chi connectivity index (χ0) is 20.9. The fourth-order valence-corrected chi connectivity index (χ4v) is 4.32. The first kappa shape index (κ1) is 20.8. The number of carbonyl (C=O) groups excluding carboxylic acids is 1. The summed E-state index contributed by atoms with van der Waals surface area (Å²) in [5, 5.41) is 0. The van der Waals surface area contributed by atoms with Crippen molar-refractivity contribution in [1.29, 1.82) is 0 Å². The Morgan fingerprint density at radius 1 is 0.600 bits per heavy atom. The molecule has 0 bridgehead atoms. The van der Waals surface area contributed by atoms with E-state index in [0.717, 1.165) is 47.6 Å². The van der Waals surface area contributed by atoms with Crippen molar-refractivity contribution in [2.24, 2.45) is 0 Å². The second kappa shape index (κ2) is 9.56. The minimum atomic E-state index is 0.740. The van der Waals surface area contributed by atoms with Gasteiger partial charge in [-0.25, -0.2) is 0 Å². The molecule has 30 heavy (non-hydrogen) atoms. The fraction of sp³-hybridized carbons (Fsp3) is 0. The summed E-state index contributed by atoms with van der Waals surface area (Å²) in [7, 11) is 0. The number of benzene rings is 3. The number of nitrogens with zero attached hydrogens (tertiary/aromatic N) is 1. The number of hydrogen-bond acceptors (Lipinski definition) is 3. The van der Waals surface area contributed by atoms with Gasteiger partial charge in [0.2, 0.25) is 0 Å². The van der Waals surface area contributed by atoms with Crippen molar-refractivity contribution in [2.45, 2.75) is 0 Å². The first-order valence-electron chi connectivity index (χ1n) is 9.27. The summed E-state index contributed by atoms with van der Waals surface area (Å²) in [6.07, 6.45) is 4.98. The summed E-state index contributed by atoms with van der Waals surface area (Å²) in [4.78, 5) is 14.9. The summed E-state index contributed by atoms with van der Waals surface area (Å²) in [5.41, 5.74) is 4.36. The van der Waals surface area contributed by atoms with Gasteiger partial charge in [0.15, 0.2) is 6.29 Å². The van der Waals surface area contributed by atoms with Gasteiger partial charge in [-0.1, -0.05) is 50.1 Å². The maximum Gasteiger partial charge on any atom is 0.160 e. The van der Waals surface area contributed by atoms with Gasteiger partial charge in [-0.15, -0.1) is 11.3 Å². The zero-order valence-corrected chi connectivity index (χ0v) is 19.8. The number of carbonyl (C=O) groups is 1.